The van der Waals surface area contributed by atoms with E-state index in [0.717, 1.165) is 37.7 Å². The number of anilines is 1. The first kappa shape index (κ1) is 22.0. The number of thiazole rings is 1. The fraction of sp³-hybridized carbons (Fsp3) is 0.263. The first-order valence-corrected chi connectivity index (χ1v) is 10.8. The van der Waals surface area contributed by atoms with Crippen molar-refractivity contribution in [3.8, 4) is 0 Å². The van der Waals surface area contributed by atoms with Crippen LogP contribution in [0.3, 0.4) is 0 Å². The van der Waals surface area contributed by atoms with E-state index in [9.17, 15) is 4.79 Å². The van der Waals surface area contributed by atoms with Crippen LogP contribution in [-0.2, 0) is 4.79 Å². The monoisotopic (exact) mass is 485 g/mol. The Labute approximate surface area is 182 Å². The third-order valence-electron chi connectivity index (χ3n) is 3.76. The summed E-state index contributed by atoms with van der Waals surface area (Å²) in [6, 6.07) is 9.97. The van der Waals surface area contributed by atoms with Crippen LogP contribution in [0.2, 0.25) is 0 Å². The quantitative estimate of drug-likeness (QED) is 0.411. The summed E-state index contributed by atoms with van der Waals surface area (Å²) in [4.78, 5) is 22.5. The highest BCUT2D eigenvalue weighted by Gasteiger charge is 2.18. The highest BCUT2D eigenvalue weighted by Crippen LogP contribution is 2.31. The lowest BCUT2D eigenvalue weighted by Gasteiger charge is -2.19. The fourth-order valence-corrected chi connectivity index (χ4v) is 4.64. The van der Waals surface area contributed by atoms with Crippen molar-refractivity contribution in [2.75, 3.05) is 32.1 Å². The summed E-state index contributed by atoms with van der Waals surface area (Å²) in [7, 11) is 4.08. The molecule has 4 nitrogen and oxygen atoms in total. The van der Waals surface area contributed by atoms with Gasteiger partial charge < -0.3 is 4.90 Å². The van der Waals surface area contributed by atoms with Gasteiger partial charge in [0.1, 0.15) is 0 Å². The molecule has 1 aromatic carbocycles. The molecule has 0 bridgehead atoms. The molecule has 0 aliphatic carbocycles. The minimum Gasteiger partial charge on any atom is -0.309 e. The van der Waals surface area contributed by atoms with Gasteiger partial charge in [0.25, 0.3) is 5.91 Å². The Morgan fingerprint density at radius 3 is 2.78 bits per heavy atom. The van der Waals surface area contributed by atoms with Crippen LogP contribution in [0.1, 0.15) is 11.3 Å². The van der Waals surface area contributed by atoms with E-state index in [1.165, 1.54) is 0 Å². The van der Waals surface area contributed by atoms with Gasteiger partial charge in [-0.2, -0.15) is 0 Å². The first-order chi connectivity index (χ1) is 12.5. The Balaban J connectivity index is 0.00000261. The van der Waals surface area contributed by atoms with E-state index < -0.39 is 0 Å². The van der Waals surface area contributed by atoms with Crippen LogP contribution >= 0.6 is 51.0 Å². The third kappa shape index (κ3) is 6.12. The van der Waals surface area contributed by atoms with Crippen molar-refractivity contribution in [2.45, 2.75) is 6.42 Å². The van der Waals surface area contributed by atoms with E-state index >= 15 is 0 Å². The molecule has 27 heavy (non-hydrogen) atoms. The van der Waals surface area contributed by atoms with E-state index in [-0.39, 0.29) is 18.3 Å². The lowest BCUT2D eigenvalue weighted by Crippen LogP contribution is -2.32. The summed E-state index contributed by atoms with van der Waals surface area (Å²) in [5.74, 6) is -0.0322. The molecule has 0 unspecified atom stereocenters. The molecule has 0 spiro atoms. The second kappa shape index (κ2) is 10.3. The molecule has 0 aliphatic heterocycles. The smallest absolute Gasteiger partial charge is 0.252 e. The number of benzene rings is 1. The van der Waals surface area contributed by atoms with Gasteiger partial charge >= 0.3 is 0 Å². The molecule has 2 aromatic heterocycles. The van der Waals surface area contributed by atoms with Crippen molar-refractivity contribution < 1.29 is 4.79 Å². The van der Waals surface area contributed by atoms with E-state index in [0.29, 0.717) is 6.54 Å². The minimum absolute atomic E-state index is 0. The lowest BCUT2D eigenvalue weighted by atomic mass is 10.3. The van der Waals surface area contributed by atoms with Gasteiger partial charge in [0, 0.05) is 22.0 Å². The number of fused-ring (bicyclic) bond motifs is 1. The third-order valence-corrected chi connectivity index (χ3v) is 6.13. The maximum Gasteiger partial charge on any atom is 0.252 e. The van der Waals surface area contributed by atoms with Gasteiger partial charge in [-0.1, -0.05) is 33.3 Å². The second-order valence-electron chi connectivity index (χ2n) is 6.10. The number of carbonyl (C=O) groups excluding carboxylic acids is 1. The maximum atomic E-state index is 12.8. The van der Waals surface area contributed by atoms with E-state index in [2.05, 4.69) is 25.8 Å². The molecule has 144 valence electrons. The highest BCUT2D eigenvalue weighted by molar-refractivity contribution is 9.10. The van der Waals surface area contributed by atoms with Gasteiger partial charge in [-0.05, 0) is 62.8 Å². The zero-order valence-electron chi connectivity index (χ0n) is 15.1. The molecule has 0 aliphatic rings. The molecule has 0 radical (unpaired) electrons. The zero-order valence-corrected chi connectivity index (χ0v) is 19.1. The van der Waals surface area contributed by atoms with Crippen LogP contribution in [0.5, 0.6) is 0 Å². The maximum absolute atomic E-state index is 12.8. The molecule has 2 heterocycles. The van der Waals surface area contributed by atoms with E-state index in [1.807, 2.05) is 55.9 Å². The number of rotatable bonds is 7. The van der Waals surface area contributed by atoms with Crippen molar-refractivity contribution >= 4 is 78.3 Å². The number of carbonyl (C=O) groups is 1. The van der Waals surface area contributed by atoms with Crippen LogP contribution in [0.15, 0.2) is 46.3 Å². The Kier molecular flexibility index (Phi) is 8.44. The Hall–Kier alpha value is -1.25. The molecule has 1 amide bonds. The number of hydrogen-bond donors (Lipinski definition) is 0. The lowest BCUT2D eigenvalue weighted by molar-refractivity contribution is -0.114. The van der Waals surface area contributed by atoms with Crippen molar-refractivity contribution in [1.82, 2.24) is 9.88 Å². The molecule has 0 fully saturated rings. The number of thiophene rings is 1. The fourth-order valence-electron chi connectivity index (χ4n) is 2.48. The van der Waals surface area contributed by atoms with Gasteiger partial charge in [-0.15, -0.1) is 23.7 Å². The van der Waals surface area contributed by atoms with Gasteiger partial charge in [-0.25, -0.2) is 4.98 Å². The number of nitrogens with zero attached hydrogens (tertiary/aromatic N) is 3. The number of halogens is 2. The summed E-state index contributed by atoms with van der Waals surface area (Å²) in [5.41, 5.74) is 0.917. The van der Waals surface area contributed by atoms with Crippen molar-refractivity contribution in [3.63, 3.8) is 0 Å². The summed E-state index contributed by atoms with van der Waals surface area (Å²) in [5, 5.41) is 2.75. The molecule has 0 N–H and O–H groups in total. The van der Waals surface area contributed by atoms with Gasteiger partial charge in [0.2, 0.25) is 0 Å². The van der Waals surface area contributed by atoms with Crippen molar-refractivity contribution in [1.29, 1.82) is 0 Å². The summed E-state index contributed by atoms with van der Waals surface area (Å²) in [6.45, 7) is 1.57. The summed E-state index contributed by atoms with van der Waals surface area (Å²) < 4.78 is 2.09. The Morgan fingerprint density at radius 2 is 2.07 bits per heavy atom. The van der Waals surface area contributed by atoms with Crippen LogP contribution in [0, 0.1) is 0 Å². The van der Waals surface area contributed by atoms with E-state index in [1.54, 1.807) is 33.6 Å². The normalized spacial score (nSPS) is 11.3. The van der Waals surface area contributed by atoms with Crippen LogP contribution in [0.4, 0.5) is 5.13 Å². The predicted octanol–water partition coefficient (Wildman–Crippen LogP) is 5.54. The topological polar surface area (TPSA) is 36.4 Å². The summed E-state index contributed by atoms with van der Waals surface area (Å²) in [6.07, 6.45) is 4.41. The average Bonchev–Trinajstić information content (AvgIpc) is 3.25. The SMILES string of the molecule is CN(C)CCCN(C(=O)C=Cc1cccs1)c1nc2ccc(Br)cc2s1.Cl. The molecule has 0 atom stereocenters. The van der Waals surface area contributed by atoms with Crippen LogP contribution < -0.4 is 4.90 Å². The second-order valence-corrected chi connectivity index (χ2v) is 9.01. The molecule has 0 saturated carbocycles. The van der Waals surface area contributed by atoms with Crippen LogP contribution in [-0.4, -0.2) is 43.0 Å². The average molecular weight is 487 g/mol. The van der Waals surface area contributed by atoms with E-state index in [4.69, 9.17) is 0 Å². The van der Waals surface area contributed by atoms with Crippen LogP contribution in [0.25, 0.3) is 16.3 Å². The Morgan fingerprint density at radius 1 is 1.26 bits per heavy atom. The largest absolute Gasteiger partial charge is 0.309 e. The molecular weight excluding hydrogens is 466 g/mol. The van der Waals surface area contributed by atoms with Crippen molar-refractivity contribution in [3.05, 3.63) is 51.1 Å². The Bertz CT molecular complexity index is 909. The van der Waals surface area contributed by atoms with Gasteiger partial charge in [0.05, 0.1) is 10.2 Å². The zero-order chi connectivity index (χ0) is 18.5. The predicted molar refractivity (Wildman–Crippen MR) is 123 cm³/mol. The number of amides is 1. The van der Waals surface area contributed by atoms with Gasteiger partial charge in [-0.3, -0.25) is 9.69 Å². The molecule has 8 heteroatoms. The molecule has 3 rings (SSSR count). The minimum atomic E-state index is -0.0322. The first-order valence-electron chi connectivity index (χ1n) is 8.27. The van der Waals surface area contributed by atoms with Gasteiger partial charge in [0.15, 0.2) is 5.13 Å². The molecule has 0 saturated heterocycles. The highest BCUT2D eigenvalue weighted by atomic mass is 79.9. The molecule has 3 aromatic rings. The summed E-state index contributed by atoms with van der Waals surface area (Å²) >= 11 is 6.66. The molecular formula is C19H21BrClN3OS2. The number of hydrogen-bond acceptors (Lipinski definition) is 5. The standard InChI is InChI=1S/C19H20BrN3OS2.ClH/c1-22(2)10-4-11-23(18(24)9-7-15-5-3-12-25-15)19-21-16-8-6-14(20)13-17(16)26-19;/h3,5-9,12-13H,4,10-11H2,1-2H3;1H. The number of aromatic nitrogens is 1. The van der Waals surface area contributed by atoms with Crippen molar-refractivity contribution in [2.24, 2.45) is 0 Å².